The van der Waals surface area contributed by atoms with E-state index in [1.165, 1.54) is 128 Å². The van der Waals surface area contributed by atoms with E-state index < -0.39 is 11.7 Å². The minimum atomic E-state index is -1.11. The first kappa shape index (κ1) is 33.9. The molecule has 3 N–H and O–H groups in total. The van der Waals surface area contributed by atoms with Gasteiger partial charge in [-0.15, -0.1) is 0 Å². The first-order valence-electron chi connectivity index (χ1n) is 15.6. The van der Waals surface area contributed by atoms with Gasteiger partial charge in [0.05, 0.1) is 12.2 Å². The molecule has 0 aromatic rings. The fourth-order valence-corrected chi connectivity index (χ4v) is 5.17. The molecular formula is C31H64O3. The average molecular weight is 485 g/mol. The van der Waals surface area contributed by atoms with Gasteiger partial charge in [-0.3, -0.25) is 0 Å². The van der Waals surface area contributed by atoms with E-state index in [1.807, 2.05) is 0 Å². The molecule has 0 aromatic heterocycles. The third-order valence-electron chi connectivity index (χ3n) is 7.72. The van der Waals surface area contributed by atoms with Crippen LogP contribution < -0.4 is 0 Å². The second kappa shape index (κ2) is 26.0. The highest BCUT2D eigenvalue weighted by Crippen LogP contribution is 2.27. The highest BCUT2D eigenvalue weighted by atomic mass is 16.4. The molecule has 34 heavy (non-hydrogen) atoms. The van der Waals surface area contributed by atoms with Crippen molar-refractivity contribution in [3.8, 4) is 0 Å². The number of rotatable bonds is 28. The summed E-state index contributed by atoms with van der Waals surface area (Å²) in [6.45, 7) is 4.20. The molecule has 0 heterocycles. The number of aliphatic hydroxyl groups is 3. The van der Waals surface area contributed by atoms with Crippen LogP contribution in [0, 0.1) is 0 Å². The maximum atomic E-state index is 11.0. The number of aliphatic hydroxyl groups excluding tert-OH is 2. The molecule has 0 rings (SSSR count). The van der Waals surface area contributed by atoms with E-state index in [4.69, 9.17) is 0 Å². The van der Waals surface area contributed by atoms with Crippen molar-refractivity contribution in [3.05, 3.63) is 0 Å². The van der Waals surface area contributed by atoms with Crippen LogP contribution in [0.2, 0.25) is 0 Å². The number of hydrogen-bond donors (Lipinski definition) is 3. The van der Waals surface area contributed by atoms with E-state index in [0.717, 1.165) is 25.7 Å². The lowest BCUT2D eigenvalue weighted by atomic mass is 9.85. The van der Waals surface area contributed by atoms with E-state index in [-0.39, 0.29) is 6.61 Å². The van der Waals surface area contributed by atoms with Crippen LogP contribution in [0.3, 0.4) is 0 Å². The van der Waals surface area contributed by atoms with E-state index >= 15 is 0 Å². The zero-order valence-electron chi connectivity index (χ0n) is 23.5. The molecule has 0 spiro atoms. The topological polar surface area (TPSA) is 60.7 Å². The molecule has 3 heteroatoms. The predicted molar refractivity (Wildman–Crippen MR) is 149 cm³/mol. The summed E-state index contributed by atoms with van der Waals surface area (Å²) in [5.74, 6) is 0. The van der Waals surface area contributed by atoms with Gasteiger partial charge in [0.2, 0.25) is 0 Å². The van der Waals surface area contributed by atoms with Crippen molar-refractivity contribution in [2.75, 3.05) is 6.61 Å². The SMILES string of the molecule is CCCCCCCCCCCCCCC(O)(CCCCCCCCCCCCCC)C(O)CO. The molecule has 206 valence electrons. The lowest BCUT2D eigenvalue weighted by Gasteiger charge is -2.32. The summed E-state index contributed by atoms with van der Waals surface area (Å²) >= 11 is 0. The quantitative estimate of drug-likeness (QED) is 0.0969. The van der Waals surface area contributed by atoms with Crippen LogP contribution in [0.4, 0.5) is 0 Å². The maximum Gasteiger partial charge on any atom is 0.106 e. The van der Waals surface area contributed by atoms with Crippen LogP contribution in [-0.2, 0) is 0 Å². The highest BCUT2D eigenvalue weighted by Gasteiger charge is 2.33. The molecule has 1 unspecified atom stereocenters. The summed E-state index contributed by atoms with van der Waals surface area (Å²) in [5.41, 5.74) is -1.11. The van der Waals surface area contributed by atoms with Crippen LogP contribution in [-0.4, -0.2) is 33.6 Å². The zero-order valence-corrected chi connectivity index (χ0v) is 23.5. The van der Waals surface area contributed by atoms with E-state index in [2.05, 4.69) is 13.8 Å². The van der Waals surface area contributed by atoms with Crippen LogP contribution in [0.15, 0.2) is 0 Å². The second-order valence-electron chi connectivity index (χ2n) is 11.1. The Labute approximate surface area is 214 Å². The summed E-state index contributed by atoms with van der Waals surface area (Å²) in [4.78, 5) is 0. The summed E-state index contributed by atoms with van der Waals surface area (Å²) in [6, 6.07) is 0. The molecule has 1 atom stereocenters. The fraction of sp³-hybridized carbons (Fsp3) is 1.00. The molecule has 0 aliphatic rings. The van der Waals surface area contributed by atoms with Gasteiger partial charge in [-0.2, -0.15) is 0 Å². The third kappa shape index (κ3) is 21.2. The molecule has 3 nitrogen and oxygen atoms in total. The average Bonchev–Trinajstić information content (AvgIpc) is 2.84. The van der Waals surface area contributed by atoms with Crippen LogP contribution >= 0.6 is 0 Å². The largest absolute Gasteiger partial charge is 0.394 e. The second-order valence-corrected chi connectivity index (χ2v) is 11.1. The van der Waals surface area contributed by atoms with Gasteiger partial charge in [0.25, 0.3) is 0 Å². The first-order valence-corrected chi connectivity index (χ1v) is 15.6. The Morgan fingerprint density at radius 3 is 0.912 bits per heavy atom. The van der Waals surface area contributed by atoms with Crippen molar-refractivity contribution in [2.24, 2.45) is 0 Å². The molecule has 0 bridgehead atoms. The highest BCUT2D eigenvalue weighted by molar-refractivity contribution is 4.86. The molecule has 0 aliphatic heterocycles. The monoisotopic (exact) mass is 484 g/mol. The number of hydrogen-bond acceptors (Lipinski definition) is 3. The molecule has 0 fully saturated rings. The Balaban J connectivity index is 3.71. The van der Waals surface area contributed by atoms with Crippen molar-refractivity contribution < 1.29 is 15.3 Å². The van der Waals surface area contributed by atoms with Gasteiger partial charge < -0.3 is 15.3 Å². The first-order chi connectivity index (χ1) is 16.6. The van der Waals surface area contributed by atoms with Gasteiger partial charge in [-0.05, 0) is 12.8 Å². The Morgan fingerprint density at radius 1 is 0.441 bits per heavy atom. The lowest BCUT2D eigenvalue weighted by molar-refractivity contribution is -0.106. The molecular weight excluding hydrogens is 420 g/mol. The van der Waals surface area contributed by atoms with Crippen molar-refractivity contribution in [2.45, 2.75) is 192 Å². The molecule has 0 amide bonds. The summed E-state index contributed by atoms with van der Waals surface area (Å²) in [5, 5.41) is 30.7. The minimum Gasteiger partial charge on any atom is -0.394 e. The van der Waals surface area contributed by atoms with Crippen LogP contribution in [0.1, 0.15) is 181 Å². The molecule has 0 aromatic carbocycles. The summed E-state index contributed by atoms with van der Waals surface area (Å²) < 4.78 is 0. The predicted octanol–water partition coefficient (Wildman–Crippen LogP) is 9.25. The smallest absolute Gasteiger partial charge is 0.106 e. The molecule has 0 aliphatic carbocycles. The molecule has 0 radical (unpaired) electrons. The molecule has 0 saturated heterocycles. The van der Waals surface area contributed by atoms with E-state index in [9.17, 15) is 15.3 Å². The van der Waals surface area contributed by atoms with Crippen molar-refractivity contribution in [1.29, 1.82) is 0 Å². The standard InChI is InChI=1S/C31H64O3/c1-3-5-7-9-11-13-15-17-19-21-23-25-27-31(34,30(33)29-32)28-26-24-22-20-18-16-14-12-10-8-6-4-2/h30,32-34H,3-29H2,1-2H3. The Hall–Kier alpha value is -0.120. The van der Waals surface area contributed by atoms with Crippen molar-refractivity contribution in [1.82, 2.24) is 0 Å². The van der Waals surface area contributed by atoms with Crippen LogP contribution in [0.25, 0.3) is 0 Å². The van der Waals surface area contributed by atoms with Gasteiger partial charge in [0, 0.05) is 0 Å². The lowest BCUT2D eigenvalue weighted by Crippen LogP contribution is -2.44. The normalized spacial score (nSPS) is 13.0. The molecule has 0 saturated carbocycles. The summed E-state index contributed by atoms with van der Waals surface area (Å²) in [6.07, 6.45) is 31.3. The van der Waals surface area contributed by atoms with Gasteiger partial charge in [0.1, 0.15) is 6.10 Å². The Morgan fingerprint density at radius 2 is 0.676 bits per heavy atom. The Kier molecular flexibility index (Phi) is 25.9. The van der Waals surface area contributed by atoms with Gasteiger partial charge in [-0.25, -0.2) is 0 Å². The zero-order chi connectivity index (χ0) is 25.2. The van der Waals surface area contributed by atoms with Crippen molar-refractivity contribution in [3.63, 3.8) is 0 Å². The number of unbranched alkanes of at least 4 members (excludes halogenated alkanes) is 22. The minimum absolute atomic E-state index is 0.340. The Bertz CT molecular complexity index is 357. The third-order valence-corrected chi connectivity index (χ3v) is 7.72. The van der Waals surface area contributed by atoms with Gasteiger partial charge >= 0.3 is 0 Å². The fourth-order valence-electron chi connectivity index (χ4n) is 5.17. The van der Waals surface area contributed by atoms with Crippen molar-refractivity contribution >= 4 is 0 Å². The maximum absolute atomic E-state index is 11.0. The van der Waals surface area contributed by atoms with Crippen LogP contribution in [0.5, 0.6) is 0 Å². The van der Waals surface area contributed by atoms with Gasteiger partial charge in [-0.1, -0.05) is 168 Å². The summed E-state index contributed by atoms with van der Waals surface area (Å²) in [7, 11) is 0. The van der Waals surface area contributed by atoms with Gasteiger partial charge in [0.15, 0.2) is 0 Å². The van der Waals surface area contributed by atoms with E-state index in [0.29, 0.717) is 12.8 Å². The van der Waals surface area contributed by atoms with E-state index in [1.54, 1.807) is 0 Å².